The van der Waals surface area contributed by atoms with Crippen LogP contribution in [0.3, 0.4) is 0 Å². The normalized spacial score (nSPS) is 14.9. The number of sulfone groups is 2. The molecule has 0 saturated heterocycles. The summed E-state index contributed by atoms with van der Waals surface area (Å²) in [6, 6.07) is 9.10. The fraction of sp³-hybridized carbons (Fsp3) is 0.211. The third kappa shape index (κ3) is 5.86. The second kappa shape index (κ2) is 8.63. The number of hydrogen-bond acceptors (Lipinski definition) is 6. The van der Waals surface area contributed by atoms with Crippen LogP contribution in [0.1, 0.15) is 11.1 Å². The third-order valence-electron chi connectivity index (χ3n) is 4.18. The molecule has 0 radical (unpaired) electrons. The molecule has 0 aliphatic heterocycles. The standard InChI is InChI=1S/C19H15ClF3NO5S2/c1-30(26,27)15-4-6-16(7-5-15)31(28,29)12-18(25,19(21,22)23)9-8-13-2-3-14(11-24)17(20)10-13/h2-10,25H,12H2,1H3/t18-/m0/s1. The van der Waals surface area contributed by atoms with Crippen LogP contribution in [-0.2, 0) is 19.7 Å². The highest BCUT2D eigenvalue weighted by molar-refractivity contribution is 7.91. The van der Waals surface area contributed by atoms with Crippen LogP contribution < -0.4 is 0 Å². The van der Waals surface area contributed by atoms with Gasteiger partial charge < -0.3 is 5.11 Å². The van der Waals surface area contributed by atoms with E-state index in [0.717, 1.165) is 36.6 Å². The van der Waals surface area contributed by atoms with E-state index in [9.17, 15) is 35.1 Å². The lowest BCUT2D eigenvalue weighted by Crippen LogP contribution is -2.48. The Hall–Kier alpha value is -2.39. The first-order valence-electron chi connectivity index (χ1n) is 8.30. The Morgan fingerprint density at radius 3 is 2.06 bits per heavy atom. The lowest BCUT2D eigenvalue weighted by atomic mass is 10.0. The molecule has 0 fully saturated rings. The number of nitrogens with zero attached hydrogens (tertiary/aromatic N) is 1. The maximum absolute atomic E-state index is 13.6. The summed E-state index contributed by atoms with van der Waals surface area (Å²) in [4.78, 5) is -0.799. The van der Waals surface area contributed by atoms with Crippen molar-refractivity contribution in [3.8, 4) is 6.07 Å². The first-order valence-corrected chi connectivity index (χ1v) is 12.2. The summed E-state index contributed by atoms with van der Waals surface area (Å²) in [5.74, 6) is -1.73. The molecule has 2 aromatic carbocycles. The SMILES string of the molecule is CS(=O)(=O)c1ccc(S(=O)(=O)C[C@@](O)(C=Cc2ccc(C#N)c(Cl)c2)C(F)(F)F)cc1. The van der Waals surface area contributed by atoms with Gasteiger partial charge >= 0.3 is 6.18 Å². The summed E-state index contributed by atoms with van der Waals surface area (Å²) in [6.07, 6.45) is -3.34. The summed E-state index contributed by atoms with van der Waals surface area (Å²) in [6.45, 7) is 0. The predicted octanol–water partition coefficient (Wildman–Crippen LogP) is 3.40. The summed E-state index contributed by atoms with van der Waals surface area (Å²) >= 11 is 5.82. The van der Waals surface area contributed by atoms with E-state index in [0.29, 0.717) is 0 Å². The maximum atomic E-state index is 13.6. The quantitative estimate of drug-likeness (QED) is 0.660. The van der Waals surface area contributed by atoms with Crippen LogP contribution in [0, 0.1) is 11.3 Å². The van der Waals surface area contributed by atoms with Gasteiger partial charge in [-0.2, -0.15) is 18.4 Å². The minimum atomic E-state index is -5.35. The van der Waals surface area contributed by atoms with Gasteiger partial charge in [-0.1, -0.05) is 23.7 Å². The van der Waals surface area contributed by atoms with Crippen LogP contribution in [-0.4, -0.2) is 45.7 Å². The molecule has 12 heteroatoms. The van der Waals surface area contributed by atoms with Gasteiger partial charge in [-0.3, -0.25) is 0 Å². The number of aliphatic hydroxyl groups is 1. The van der Waals surface area contributed by atoms with Crippen LogP contribution in [0.2, 0.25) is 5.02 Å². The van der Waals surface area contributed by atoms with Crippen molar-refractivity contribution in [2.75, 3.05) is 12.0 Å². The monoisotopic (exact) mass is 493 g/mol. The second-order valence-electron chi connectivity index (χ2n) is 6.61. The van der Waals surface area contributed by atoms with Crippen molar-refractivity contribution in [1.29, 1.82) is 5.26 Å². The molecule has 2 aromatic rings. The zero-order valence-electron chi connectivity index (χ0n) is 15.8. The maximum Gasteiger partial charge on any atom is 0.421 e. The number of halogens is 4. The van der Waals surface area contributed by atoms with Crippen molar-refractivity contribution in [3.05, 3.63) is 64.7 Å². The molecule has 166 valence electrons. The van der Waals surface area contributed by atoms with Crippen LogP contribution >= 0.6 is 11.6 Å². The average molecular weight is 494 g/mol. The summed E-state index contributed by atoms with van der Waals surface area (Å²) in [5, 5.41) is 19.0. The Bertz CT molecular complexity index is 1270. The van der Waals surface area contributed by atoms with Crippen LogP contribution in [0.4, 0.5) is 13.2 Å². The van der Waals surface area contributed by atoms with Crippen molar-refractivity contribution in [2.45, 2.75) is 21.6 Å². The van der Waals surface area contributed by atoms with Gasteiger partial charge in [-0.25, -0.2) is 16.8 Å². The van der Waals surface area contributed by atoms with Crippen molar-refractivity contribution in [2.24, 2.45) is 0 Å². The molecule has 0 bridgehead atoms. The zero-order chi connectivity index (χ0) is 23.7. The molecule has 0 aromatic heterocycles. The lowest BCUT2D eigenvalue weighted by Gasteiger charge is -2.27. The smallest absolute Gasteiger partial charge is 0.376 e. The van der Waals surface area contributed by atoms with E-state index in [4.69, 9.17) is 16.9 Å². The Kier molecular flexibility index (Phi) is 6.92. The van der Waals surface area contributed by atoms with Crippen molar-refractivity contribution in [3.63, 3.8) is 0 Å². The molecule has 0 aliphatic carbocycles. The minimum Gasteiger partial charge on any atom is -0.376 e. The van der Waals surface area contributed by atoms with Crippen LogP contribution in [0.25, 0.3) is 6.08 Å². The lowest BCUT2D eigenvalue weighted by molar-refractivity contribution is -0.230. The van der Waals surface area contributed by atoms with Gasteiger partial charge in [0.1, 0.15) is 6.07 Å². The molecule has 6 nitrogen and oxygen atoms in total. The first kappa shape index (κ1) is 24.9. The fourth-order valence-electron chi connectivity index (χ4n) is 2.45. The largest absolute Gasteiger partial charge is 0.421 e. The molecule has 0 heterocycles. The molecule has 1 atom stereocenters. The van der Waals surface area contributed by atoms with Crippen molar-refractivity contribution >= 4 is 37.4 Å². The number of hydrogen-bond donors (Lipinski definition) is 1. The Balaban J connectivity index is 2.42. The molecule has 0 spiro atoms. The van der Waals surface area contributed by atoms with Gasteiger partial charge in [0.15, 0.2) is 25.3 Å². The van der Waals surface area contributed by atoms with E-state index >= 15 is 0 Å². The number of nitriles is 1. The highest BCUT2D eigenvalue weighted by Gasteiger charge is 2.54. The van der Waals surface area contributed by atoms with E-state index in [2.05, 4.69) is 0 Å². The molecule has 0 unspecified atom stereocenters. The first-order chi connectivity index (χ1) is 14.1. The highest BCUT2D eigenvalue weighted by atomic mass is 35.5. The second-order valence-corrected chi connectivity index (χ2v) is 11.0. The number of benzene rings is 2. The summed E-state index contributed by atoms with van der Waals surface area (Å²) in [7, 11) is -8.31. The van der Waals surface area contributed by atoms with E-state index in [1.807, 2.05) is 0 Å². The minimum absolute atomic E-state index is 0.0289. The number of alkyl halides is 3. The van der Waals surface area contributed by atoms with Crippen molar-refractivity contribution in [1.82, 2.24) is 0 Å². The molecule has 0 aliphatic rings. The van der Waals surface area contributed by atoms with Gasteiger partial charge in [0.05, 0.1) is 26.1 Å². The van der Waals surface area contributed by atoms with Gasteiger partial charge in [-0.15, -0.1) is 0 Å². The Morgan fingerprint density at radius 1 is 1.06 bits per heavy atom. The molecule has 0 saturated carbocycles. The average Bonchev–Trinajstić information content (AvgIpc) is 2.65. The third-order valence-corrected chi connectivity index (χ3v) is 7.43. The molecular formula is C19H15ClF3NO5S2. The molecule has 2 rings (SSSR count). The number of rotatable bonds is 6. The fourth-order valence-corrected chi connectivity index (χ4v) is 4.87. The molecule has 1 N–H and O–H groups in total. The van der Waals surface area contributed by atoms with E-state index in [-0.39, 0.29) is 27.1 Å². The summed E-state index contributed by atoms with van der Waals surface area (Å²) in [5.41, 5.74) is -3.56. The zero-order valence-corrected chi connectivity index (χ0v) is 18.1. The molecule has 31 heavy (non-hydrogen) atoms. The van der Waals surface area contributed by atoms with Crippen LogP contribution in [0.5, 0.6) is 0 Å². The van der Waals surface area contributed by atoms with Gasteiger partial charge in [0.2, 0.25) is 0 Å². The topological polar surface area (TPSA) is 112 Å². The summed E-state index contributed by atoms with van der Waals surface area (Å²) < 4.78 is 88.6. The van der Waals surface area contributed by atoms with Crippen molar-refractivity contribution < 1.29 is 35.1 Å². The van der Waals surface area contributed by atoms with E-state index < -0.39 is 42.1 Å². The van der Waals surface area contributed by atoms with Gasteiger partial charge in [0, 0.05) is 6.26 Å². The molecule has 0 amide bonds. The van der Waals surface area contributed by atoms with Gasteiger partial charge in [0.25, 0.3) is 0 Å². The Morgan fingerprint density at radius 2 is 1.61 bits per heavy atom. The predicted molar refractivity (Wildman–Crippen MR) is 108 cm³/mol. The van der Waals surface area contributed by atoms with E-state index in [1.54, 1.807) is 6.07 Å². The van der Waals surface area contributed by atoms with E-state index in [1.165, 1.54) is 18.2 Å². The van der Waals surface area contributed by atoms with Gasteiger partial charge in [-0.05, 0) is 48.0 Å². The van der Waals surface area contributed by atoms with Crippen LogP contribution in [0.15, 0.2) is 58.3 Å². The Labute approximate surface area is 182 Å². The molecular weight excluding hydrogens is 479 g/mol. The highest BCUT2D eigenvalue weighted by Crippen LogP contribution is 2.35.